The lowest BCUT2D eigenvalue weighted by Crippen LogP contribution is -2.58. The summed E-state index contributed by atoms with van der Waals surface area (Å²) in [5.74, 6) is 0.947. The number of hydrogen-bond donors (Lipinski definition) is 1. The first kappa shape index (κ1) is 14.3. The Hall–Kier alpha value is -0.120. The molecule has 0 aromatic carbocycles. The third kappa shape index (κ3) is 3.25. The highest BCUT2D eigenvalue weighted by Crippen LogP contribution is 2.38. The van der Waals surface area contributed by atoms with Crippen LogP contribution in [-0.4, -0.2) is 43.3 Å². The Morgan fingerprint density at radius 2 is 2.11 bits per heavy atom. The van der Waals surface area contributed by atoms with Gasteiger partial charge in [-0.3, -0.25) is 4.90 Å². The molecule has 2 unspecified atom stereocenters. The highest BCUT2D eigenvalue weighted by atomic mass is 16.5. The van der Waals surface area contributed by atoms with Crippen molar-refractivity contribution in [1.29, 1.82) is 0 Å². The minimum atomic E-state index is 0.220. The summed E-state index contributed by atoms with van der Waals surface area (Å²) in [5.41, 5.74) is 6.41. The Balaban J connectivity index is 2.05. The molecule has 2 fully saturated rings. The van der Waals surface area contributed by atoms with Gasteiger partial charge >= 0.3 is 0 Å². The lowest BCUT2D eigenvalue weighted by molar-refractivity contribution is -0.0240. The molecule has 2 saturated carbocycles. The zero-order valence-corrected chi connectivity index (χ0v) is 12.2. The van der Waals surface area contributed by atoms with Crippen molar-refractivity contribution in [2.45, 2.75) is 63.5 Å². The van der Waals surface area contributed by atoms with Crippen molar-refractivity contribution in [3.8, 4) is 0 Å². The van der Waals surface area contributed by atoms with Crippen LogP contribution in [0.1, 0.15) is 51.9 Å². The van der Waals surface area contributed by atoms with E-state index in [9.17, 15) is 0 Å². The van der Waals surface area contributed by atoms with Crippen molar-refractivity contribution >= 4 is 0 Å². The van der Waals surface area contributed by atoms with E-state index >= 15 is 0 Å². The van der Waals surface area contributed by atoms with E-state index in [1.807, 2.05) is 7.11 Å². The Kier molecular flexibility index (Phi) is 5.05. The molecule has 3 nitrogen and oxygen atoms in total. The number of hydrogen-bond acceptors (Lipinski definition) is 3. The summed E-state index contributed by atoms with van der Waals surface area (Å²) in [7, 11) is 1.85. The fourth-order valence-electron chi connectivity index (χ4n) is 3.49. The van der Waals surface area contributed by atoms with E-state index in [4.69, 9.17) is 10.5 Å². The van der Waals surface area contributed by atoms with Gasteiger partial charge in [-0.15, -0.1) is 0 Å². The van der Waals surface area contributed by atoms with Gasteiger partial charge in [-0.2, -0.15) is 0 Å². The first-order valence-electron chi connectivity index (χ1n) is 7.72. The molecule has 0 bridgehead atoms. The van der Waals surface area contributed by atoms with E-state index in [2.05, 4.69) is 11.8 Å². The quantitative estimate of drug-likeness (QED) is 0.758. The number of nitrogens with zero attached hydrogens (tertiary/aromatic N) is 1. The number of nitrogens with two attached hydrogens (primary N) is 1. The van der Waals surface area contributed by atoms with E-state index < -0.39 is 0 Å². The molecule has 0 aliphatic heterocycles. The fraction of sp³-hybridized carbons (Fsp3) is 1.00. The molecule has 2 N–H and O–H groups in total. The predicted octanol–water partition coefficient (Wildman–Crippen LogP) is 2.39. The maximum atomic E-state index is 6.19. The van der Waals surface area contributed by atoms with Crippen molar-refractivity contribution in [3.63, 3.8) is 0 Å². The van der Waals surface area contributed by atoms with Crippen LogP contribution in [0.15, 0.2) is 0 Å². The van der Waals surface area contributed by atoms with Crippen LogP contribution in [0, 0.1) is 5.92 Å². The van der Waals surface area contributed by atoms with Crippen molar-refractivity contribution in [3.05, 3.63) is 0 Å². The molecule has 0 saturated heterocycles. The molecule has 2 aliphatic rings. The Morgan fingerprint density at radius 3 is 2.67 bits per heavy atom. The lowest BCUT2D eigenvalue weighted by Gasteiger charge is -2.48. The highest BCUT2D eigenvalue weighted by molar-refractivity contribution is 4.98. The molecular weight excluding hydrogens is 224 g/mol. The summed E-state index contributed by atoms with van der Waals surface area (Å²) in [6.45, 7) is 5.53. The second-order valence-corrected chi connectivity index (χ2v) is 6.27. The Bertz CT molecular complexity index is 255. The minimum Gasteiger partial charge on any atom is -0.381 e. The third-order valence-electron chi connectivity index (χ3n) is 4.83. The largest absolute Gasteiger partial charge is 0.381 e. The zero-order valence-electron chi connectivity index (χ0n) is 12.2. The van der Waals surface area contributed by atoms with Gasteiger partial charge in [0.25, 0.3) is 0 Å². The van der Waals surface area contributed by atoms with Gasteiger partial charge in [0.2, 0.25) is 0 Å². The van der Waals surface area contributed by atoms with E-state index in [1.54, 1.807) is 0 Å². The number of methoxy groups -OCH3 is 1. The van der Waals surface area contributed by atoms with Crippen LogP contribution >= 0.6 is 0 Å². The van der Waals surface area contributed by atoms with Crippen LogP contribution in [0.4, 0.5) is 0 Å². The van der Waals surface area contributed by atoms with Gasteiger partial charge in [0.05, 0.1) is 6.10 Å². The second kappa shape index (κ2) is 6.36. The fourth-order valence-corrected chi connectivity index (χ4v) is 3.49. The lowest BCUT2D eigenvalue weighted by atomic mass is 9.78. The highest BCUT2D eigenvalue weighted by Gasteiger charge is 2.41. The molecular formula is C15H30N2O. The van der Waals surface area contributed by atoms with Crippen LogP contribution in [0.5, 0.6) is 0 Å². The van der Waals surface area contributed by atoms with Crippen LogP contribution in [0.2, 0.25) is 0 Å². The van der Waals surface area contributed by atoms with E-state index in [0.717, 1.165) is 18.9 Å². The summed E-state index contributed by atoms with van der Waals surface area (Å²) >= 11 is 0. The second-order valence-electron chi connectivity index (χ2n) is 6.27. The molecule has 0 radical (unpaired) electrons. The molecule has 0 aromatic rings. The predicted molar refractivity (Wildman–Crippen MR) is 75.6 cm³/mol. The van der Waals surface area contributed by atoms with E-state index in [-0.39, 0.29) is 5.54 Å². The van der Waals surface area contributed by atoms with E-state index in [0.29, 0.717) is 6.10 Å². The third-order valence-corrected chi connectivity index (χ3v) is 4.83. The summed E-state index contributed by atoms with van der Waals surface area (Å²) in [5, 5.41) is 0. The first-order valence-corrected chi connectivity index (χ1v) is 7.72. The van der Waals surface area contributed by atoms with Gasteiger partial charge in [0.1, 0.15) is 0 Å². The topological polar surface area (TPSA) is 38.5 Å². The molecule has 2 atom stereocenters. The Morgan fingerprint density at radius 1 is 1.33 bits per heavy atom. The van der Waals surface area contributed by atoms with E-state index in [1.165, 1.54) is 51.6 Å². The zero-order chi connectivity index (χ0) is 13.0. The van der Waals surface area contributed by atoms with Crippen molar-refractivity contribution in [2.75, 3.05) is 26.7 Å². The number of ether oxygens (including phenoxy) is 1. The molecule has 0 amide bonds. The molecule has 2 rings (SSSR count). The smallest absolute Gasteiger partial charge is 0.0589 e. The Labute approximate surface area is 112 Å². The van der Waals surface area contributed by atoms with Gasteiger partial charge in [0.15, 0.2) is 0 Å². The molecule has 0 spiro atoms. The van der Waals surface area contributed by atoms with Crippen molar-refractivity contribution in [1.82, 2.24) is 4.90 Å². The average molecular weight is 254 g/mol. The van der Waals surface area contributed by atoms with Crippen LogP contribution in [0.25, 0.3) is 0 Å². The van der Waals surface area contributed by atoms with Crippen molar-refractivity contribution < 1.29 is 4.74 Å². The monoisotopic (exact) mass is 254 g/mol. The molecule has 18 heavy (non-hydrogen) atoms. The molecule has 3 heteroatoms. The molecule has 2 aliphatic carbocycles. The average Bonchev–Trinajstić information content (AvgIpc) is 3.22. The van der Waals surface area contributed by atoms with Gasteiger partial charge in [-0.05, 0) is 57.4 Å². The van der Waals surface area contributed by atoms with Gasteiger partial charge in [0, 0.05) is 25.7 Å². The molecule has 0 aromatic heterocycles. The van der Waals surface area contributed by atoms with Gasteiger partial charge < -0.3 is 10.5 Å². The van der Waals surface area contributed by atoms with Crippen LogP contribution in [0.3, 0.4) is 0 Å². The maximum absolute atomic E-state index is 6.19. The normalized spacial score (nSPS) is 33.0. The summed E-state index contributed by atoms with van der Waals surface area (Å²) in [6.07, 6.45) is 9.36. The van der Waals surface area contributed by atoms with Crippen LogP contribution in [-0.2, 0) is 4.74 Å². The minimum absolute atomic E-state index is 0.220. The van der Waals surface area contributed by atoms with Crippen LogP contribution < -0.4 is 5.73 Å². The summed E-state index contributed by atoms with van der Waals surface area (Å²) in [4.78, 5) is 2.70. The standard InChI is InChI=1S/C15H30N2O/c1-3-9-17(11-13-6-7-13)15(12-16)8-4-5-14(10-15)18-2/h13-14H,3-12,16H2,1-2H3. The molecule has 0 heterocycles. The SMILES string of the molecule is CCCN(CC1CC1)C1(CN)CCCC(OC)C1. The molecule has 106 valence electrons. The first-order chi connectivity index (χ1) is 8.74. The van der Waals surface area contributed by atoms with Gasteiger partial charge in [-0.25, -0.2) is 0 Å². The summed E-state index contributed by atoms with van der Waals surface area (Å²) < 4.78 is 5.61. The maximum Gasteiger partial charge on any atom is 0.0589 e. The van der Waals surface area contributed by atoms with Gasteiger partial charge in [-0.1, -0.05) is 6.92 Å². The number of rotatable bonds is 7. The summed E-state index contributed by atoms with van der Waals surface area (Å²) in [6, 6.07) is 0. The van der Waals surface area contributed by atoms with Crippen molar-refractivity contribution in [2.24, 2.45) is 11.7 Å².